The highest BCUT2D eigenvalue weighted by molar-refractivity contribution is 5.84. The maximum absolute atomic E-state index is 11.1. The van der Waals surface area contributed by atoms with Crippen molar-refractivity contribution < 1.29 is 4.79 Å². The van der Waals surface area contributed by atoms with E-state index in [0.717, 1.165) is 12.1 Å². The number of amides is 1. The molecule has 0 aliphatic carbocycles. The van der Waals surface area contributed by atoms with Crippen molar-refractivity contribution in [3.8, 4) is 0 Å². The van der Waals surface area contributed by atoms with Crippen LogP contribution in [-0.2, 0) is 17.9 Å². The third-order valence-electron chi connectivity index (χ3n) is 4.83. The molecular formula is C21H25N3O. The fourth-order valence-corrected chi connectivity index (χ4v) is 3.26. The van der Waals surface area contributed by atoms with E-state index in [1.54, 1.807) is 0 Å². The molecule has 25 heavy (non-hydrogen) atoms. The Balaban J connectivity index is 1.84. The SMILES string of the molecule is C[C@@H](c1ccccc1)N(C)Cc1cn(CCC(N)=O)c2ccccc12. The molecule has 1 aromatic heterocycles. The van der Waals surface area contributed by atoms with Crippen molar-refractivity contribution in [2.24, 2.45) is 5.73 Å². The molecular weight excluding hydrogens is 310 g/mol. The monoisotopic (exact) mass is 335 g/mol. The Morgan fingerprint density at radius 1 is 1.12 bits per heavy atom. The topological polar surface area (TPSA) is 51.3 Å². The van der Waals surface area contributed by atoms with Crippen LogP contribution in [0.4, 0.5) is 0 Å². The number of para-hydroxylation sites is 1. The lowest BCUT2D eigenvalue weighted by molar-refractivity contribution is -0.118. The summed E-state index contributed by atoms with van der Waals surface area (Å²) in [6.45, 7) is 3.69. The molecule has 4 heteroatoms. The smallest absolute Gasteiger partial charge is 0.219 e. The van der Waals surface area contributed by atoms with Crippen LogP contribution >= 0.6 is 0 Å². The first-order valence-electron chi connectivity index (χ1n) is 8.66. The van der Waals surface area contributed by atoms with Gasteiger partial charge in [0.2, 0.25) is 5.91 Å². The van der Waals surface area contributed by atoms with Crippen LogP contribution in [0.15, 0.2) is 60.8 Å². The maximum Gasteiger partial charge on any atom is 0.219 e. The summed E-state index contributed by atoms with van der Waals surface area (Å²) in [5, 5.41) is 1.24. The minimum absolute atomic E-state index is 0.269. The Kier molecular flexibility index (Phi) is 5.19. The van der Waals surface area contributed by atoms with E-state index in [-0.39, 0.29) is 5.91 Å². The number of hydrogen-bond donors (Lipinski definition) is 1. The van der Waals surface area contributed by atoms with Gasteiger partial charge in [-0.1, -0.05) is 48.5 Å². The number of aryl methyl sites for hydroxylation is 1. The summed E-state index contributed by atoms with van der Waals surface area (Å²) in [6.07, 6.45) is 2.51. The van der Waals surface area contributed by atoms with Gasteiger partial charge in [-0.15, -0.1) is 0 Å². The zero-order valence-corrected chi connectivity index (χ0v) is 14.9. The molecule has 3 aromatic rings. The van der Waals surface area contributed by atoms with Crippen LogP contribution in [0.2, 0.25) is 0 Å². The first-order chi connectivity index (χ1) is 12.1. The number of benzene rings is 2. The Morgan fingerprint density at radius 2 is 1.80 bits per heavy atom. The van der Waals surface area contributed by atoms with Crippen LogP contribution in [0.5, 0.6) is 0 Å². The van der Waals surface area contributed by atoms with Gasteiger partial charge in [-0.3, -0.25) is 9.69 Å². The number of nitrogens with two attached hydrogens (primary N) is 1. The molecule has 4 nitrogen and oxygen atoms in total. The van der Waals surface area contributed by atoms with Crippen molar-refractivity contribution in [1.82, 2.24) is 9.47 Å². The molecule has 0 saturated carbocycles. The van der Waals surface area contributed by atoms with E-state index in [1.165, 1.54) is 16.5 Å². The first kappa shape index (κ1) is 17.2. The highest BCUT2D eigenvalue weighted by Crippen LogP contribution is 2.26. The lowest BCUT2D eigenvalue weighted by Gasteiger charge is -2.25. The van der Waals surface area contributed by atoms with Gasteiger partial charge in [0, 0.05) is 42.7 Å². The third kappa shape index (κ3) is 3.91. The average Bonchev–Trinajstić information content (AvgIpc) is 2.98. The predicted molar refractivity (Wildman–Crippen MR) is 102 cm³/mol. The van der Waals surface area contributed by atoms with Gasteiger partial charge in [-0.25, -0.2) is 0 Å². The van der Waals surface area contributed by atoms with Crippen molar-refractivity contribution in [3.63, 3.8) is 0 Å². The van der Waals surface area contributed by atoms with Gasteiger partial charge in [-0.2, -0.15) is 0 Å². The molecule has 2 N–H and O–H groups in total. The molecule has 0 unspecified atom stereocenters. The number of hydrogen-bond acceptors (Lipinski definition) is 2. The molecule has 0 bridgehead atoms. The number of primary amides is 1. The molecule has 3 rings (SSSR count). The fourth-order valence-electron chi connectivity index (χ4n) is 3.26. The fraction of sp³-hybridized carbons (Fsp3) is 0.286. The molecule has 0 aliphatic heterocycles. The van der Waals surface area contributed by atoms with Crippen LogP contribution in [0.1, 0.15) is 30.5 Å². The minimum Gasteiger partial charge on any atom is -0.370 e. The number of nitrogens with zero attached hydrogens (tertiary/aromatic N) is 2. The van der Waals surface area contributed by atoms with E-state index in [2.05, 4.69) is 72.1 Å². The highest BCUT2D eigenvalue weighted by Gasteiger charge is 2.15. The van der Waals surface area contributed by atoms with Gasteiger partial charge in [0.1, 0.15) is 0 Å². The number of rotatable bonds is 7. The quantitative estimate of drug-likeness (QED) is 0.715. The van der Waals surface area contributed by atoms with Crippen molar-refractivity contribution in [1.29, 1.82) is 0 Å². The molecule has 0 aliphatic rings. The Hall–Kier alpha value is -2.59. The van der Waals surface area contributed by atoms with Gasteiger partial charge < -0.3 is 10.3 Å². The second-order valence-electron chi connectivity index (χ2n) is 6.58. The van der Waals surface area contributed by atoms with Crippen LogP contribution in [0.25, 0.3) is 10.9 Å². The molecule has 1 heterocycles. The maximum atomic E-state index is 11.1. The van der Waals surface area contributed by atoms with Crippen LogP contribution in [0.3, 0.4) is 0 Å². The summed E-state index contributed by atoms with van der Waals surface area (Å²) in [6, 6.07) is 19.2. The minimum atomic E-state index is -0.269. The van der Waals surface area contributed by atoms with Gasteiger partial charge in [-0.05, 0) is 31.2 Å². The zero-order valence-electron chi connectivity index (χ0n) is 14.9. The molecule has 0 fully saturated rings. The van der Waals surface area contributed by atoms with Gasteiger partial charge in [0.15, 0.2) is 0 Å². The van der Waals surface area contributed by atoms with Crippen molar-refractivity contribution >= 4 is 16.8 Å². The standard InChI is InChI=1S/C21H25N3O/c1-16(17-8-4-3-5-9-17)23(2)14-18-15-24(13-12-21(22)25)20-11-7-6-10-19(18)20/h3-11,15-16H,12-14H2,1-2H3,(H2,22,25)/t16-/m0/s1. The van der Waals surface area contributed by atoms with Crippen LogP contribution in [0, 0.1) is 0 Å². The lowest BCUT2D eigenvalue weighted by atomic mass is 10.1. The Bertz CT molecular complexity index is 854. The zero-order chi connectivity index (χ0) is 17.8. The van der Waals surface area contributed by atoms with Gasteiger partial charge in [0.05, 0.1) is 0 Å². The summed E-state index contributed by atoms with van der Waals surface area (Å²) >= 11 is 0. The second kappa shape index (κ2) is 7.53. The third-order valence-corrected chi connectivity index (χ3v) is 4.83. The number of carbonyl (C=O) groups excluding carboxylic acids is 1. The number of carbonyl (C=O) groups is 1. The Morgan fingerprint density at radius 3 is 2.52 bits per heavy atom. The summed E-state index contributed by atoms with van der Waals surface area (Å²) in [4.78, 5) is 13.5. The van der Waals surface area contributed by atoms with Crippen molar-refractivity contribution in [2.45, 2.75) is 32.5 Å². The summed E-state index contributed by atoms with van der Waals surface area (Å²) in [7, 11) is 2.15. The number of aromatic nitrogens is 1. The van der Waals surface area contributed by atoms with Crippen molar-refractivity contribution in [2.75, 3.05) is 7.05 Å². The molecule has 0 saturated heterocycles. The van der Waals surface area contributed by atoms with E-state index in [0.29, 0.717) is 19.0 Å². The van der Waals surface area contributed by atoms with E-state index in [4.69, 9.17) is 5.73 Å². The normalized spacial score (nSPS) is 12.6. The average molecular weight is 335 g/mol. The summed E-state index contributed by atoms with van der Waals surface area (Å²) < 4.78 is 2.14. The molecule has 0 spiro atoms. The summed E-state index contributed by atoms with van der Waals surface area (Å²) in [5.41, 5.74) is 9.04. The summed E-state index contributed by atoms with van der Waals surface area (Å²) in [5.74, 6) is -0.269. The highest BCUT2D eigenvalue weighted by atomic mass is 16.1. The van der Waals surface area contributed by atoms with Crippen molar-refractivity contribution in [3.05, 3.63) is 71.9 Å². The van der Waals surface area contributed by atoms with Gasteiger partial charge >= 0.3 is 0 Å². The Labute approximate surface area is 148 Å². The first-order valence-corrected chi connectivity index (χ1v) is 8.66. The van der Waals surface area contributed by atoms with E-state index >= 15 is 0 Å². The van der Waals surface area contributed by atoms with E-state index in [9.17, 15) is 4.79 Å². The largest absolute Gasteiger partial charge is 0.370 e. The van der Waals surface area contributed by atoms with Crippen LogP contribution in [-0.4, -0.2) is 22.4 Å². The second-order valence-corrected chi connectivity index (χ2v) is 6.58. The molecule has 1 amide bonds. The van der Waals surface area contributed by atoms with Crippen LogP contribution < -0.4 is 5.73 Å². The van der Waals surface area contributed by atoms with E-state index in [1.807, 2.05) is 12.1 Å². The molecule has 2 aromatic carbocycles. The molecule has 130 valence electrons. The molecule has 0 radical (unpaired) electrons. The van der Waals surface area contributed by atoms with Gasteiger partial charge in [0.25, 0.3) is 0 Å². The van der Waals surface area contributed by atoms with E-state index < -0.39 is 0 Å². The predicted octanol–water partition coefficient (Wildman–Crippen LogP) is 3.71. The lowest BCUT2D eigenvalue weighted by Crippen LogP contribution is -2.21. The number of fused-ring (bicyclic) bond motifs is 1. The molecule has 1 atom stereocenters.